The van der Waals surface area contributed by atoms with Gasteiger partial charge >= 0.3 is 5.97 Å². The maximum absolute atomic E-state index is 12.3. The molecule has 2 rings (SSSR count). The minimum atomic E-state index is -0.520. The van der Waals surface area contributed by atoms with E-state index in [1.54, 1.807) is 32.2 Å². The van der Waals surface area contributed by atoms with Crippen molar-refractivity contribution in [3.05, 3.63) is 46.1 Å². The minimum Gasteiger partial charge on any atom is -0.462 e. The third-order valence-corrected chi connectivity index (χ3v) is 3.48. The van der Waals surface area contributed by atoms with Crippen LogP contribution in [0.3, 0.4) is 0 Å². The first-order chi connectivity index (χ1) is 10.0. The summed E-state index contributed by atoms with van der Waals surface area (Å²) in [7, 11) is 1.64. The second-order valence-electron chi connectivity index (χ2n) is 4.18. The maximum atomic E-state index is 12.3. The number of rotatable bonds is 4. The fraction of sp³-hybridized carbons (Fsp3) is 0.214. The zero-order chi connectivity index (χ0) is 15.4. The summed E-state index contributed by atoms with van der Waals surface area (Å²) >= 11 is 3.32. The lowest BCUT2D eigenvalue weighted by molar-refractivity contribution is 0.0527. The average molecular weight is 352 g/mol. The number of carbonyl (C=O) groups excluding carboxylic acids is 2. The standard InChI is InChI=1S/C14H14BrN3O3/c1-3-21-14(20)10-8-16-18(2)12(10)17-13(19)9-6-4-5-7-11(9)15/h4-8H,3H2,1-2H3,(H,17,19). The molecule has 0 spiro atoms. The van der Waals surface area contributed by atoms with E-state index in [9.17, 15) is 9.59 Å². The second kappa shape index (κ2) is 6.53. The lowest BCUT2D eigenvalue weighted by atomic mass is 10.2. The second-order valence-corrected chi connectivity index (χ2v) is 5.04. The minimum absolute atomic E-state index is 0.222. The third kappa shape index (κ3) is 3.30. The number of benzene rings is 1. The third-order valence-electron chi connectivity index (χ3n) is 2.78. The Morgan fingerprint density at radius 1 is 1.33 bits per heavy atom. The number of hydrogen-bond acceptors (Lipinski definition) is 4. The number of ether oxygens (including phenoxy) is 1. The summed E-state index contributed by atoms with van der Waals surface area (Å²) in [6, 6.07) is 7.02. The van der Waals surface area contributed by atoms with E-state index in [-0.39, 0.29) is 18.1 Å². The Kier molecular flexibility index (Phi) is 4.74. The monoisotopic (exact) mass is 351 g/mol. The lowest BCUT2D eigenvalue weighted by Crippen LogP contribution is -2.18. The lowest BCUT2D eigenvalue weighted by Gasteiger charge is -2.09. The first-order valence-electron chi connectivity index (χ1n) is 6.29. The first kappa shape index (κ1) is 15.2. The molecule has 0 fully saturated rings. The van der Waals surface area contributed by atoms with Gasteiger partial charge in [0.1, 0.15) is 11.4 Å². The Morgan fingerprint density at radius 2 is 2.05 bits per heavy atom. The van der Waals surface area contributed by atoms with E-state index in [4.69, 9.17) is 4.74 Å². The molecule has 0 aliphatic rings. The van der Waals surface area contributed by atoms with Crippen molar-refractivity contribution in [2.24, 2.45) is 7.05 Å². The Morgan fingerprint density at radius 3 is 2.71 bits per heavy atom. The zero-order valence-corrected chi connectivity index (χ0v) is 13.2. The van der Waals surface area contributed by atoms with Crippen LogP contribution in [0.25, 0.3) is 0 Å². The van der Waals surface area contributed by atoms with Crippen LogP contribution in [-0.2, 0) is 11.8 Å². The van der Waals surface area contributed by atoms with Crippen molar-refractivity contribution in [3.63, 3.8) is 0 Å². The van der Waals surface area contributed by atoms with Gasteiger partial charge in [0.15, 0.2) is 0 Å². The largest absolute Gasteiger partial charge is 0.462 e. The van der Waals surface area contributed by atoms with Crippen molar-refractivity contribution in [2.75, 3.05) is 11.9 Å². The van der Waals surface area contributed by atoms with Gasteiger partial charge in [-0.1, -0.05) is 12.1 Å². The molecule has 0 saturated carbocycles. The quantitative estimate of drug-likeness (QED) is 0.859. The van der Waals surface area contributed by atoms with Gasteiger partial charge in [-0.05, 0) is 35.0 Å². The van der Waals surface area contributed by atoms with E-state index in [2.05, 4.69) is 26.3 Å². The van der Waals surface area contributed by atoms with Gasteiger partial charge in [-0.15, -0.1) is 0 Å². The van der Waals surface area contributed by atoms with Crippen molar-refractivity contribution >= 4 is 33.6 Å². The summed E-state index contributed by atoms with van der Waals surface area (Å²) < 4.78 is 7.03. The van der Waals surface area contributed by atoms with Crippen molar-refractivity contribution < 1.29 is 14.3 Å². The smallest absolute Gasteiger partial charge is 0.343 e. The Labute approximate surface area is 130 Å². The van der Waals surface area contributed by atoms with E-state index in [0.717, 1.165) is 0 Å². The number of aromatic nitrogens is 2. The molecule has 0 radical (unpaired) electrons. The molecule has 1 N–H and O–H groups in total. The van der Waals surface area contributed by atoms with Gasteiger partial charge < -0.3 is 10.1 Å². The molecule has 0 bridgehead atoms. The number of esters is 1. The first-order valence-corrected chi connectivity index (χ1v) is 7.09. The maximum Gasteiger partial charge on any atom is 0.343 e. The zero-order valence-electron chi connectivity index (χ0n) is 11.6. The predicted molar refractivity (Wildman–Crippen MR) is 81.3 cm³/mol. The van der Waals surface area contributed by atoms with Crippen molar-refractivity contribution in [2.45, 2.75) is 6.92 Å². The van der Waals surface area contributed by atoms with Crippen molar-refractivity contribution in [3.8, 4) is 0 Å². The van der Waals surface area contributed by atoms with Crippen LogP contribution in [0, 0.1) is 0 Å². The average Bonchev–Trinajstić information content (AvgIpc) is 2.81. The molecule has 0 aliphatic heterocycles. The van der Waals surface area contributed by atoms with Gasteiger partial charge in [-0.3, -0.25) is 9.48 Å². The highest BCUT2D eigenvalue weighted by Crippen LogP contribution is 2.20. The molecule has 0 aliphatic carbocycles. The summed E-state index contributed by atoms with van der Waals surface area (Å²) in [6.07, 6.45) is 1.37. The summed E-state index contributed by atoms with van der Waals surface area (Å²) in [5.74, 6) is -0.557. The molecule has 0 atom stereocenters. The van der Waals surface area contributed by atoms with Crippen LogP contribution in [0.5, 0.6) is 0 Å². The molecule has 21 heavy (non-hydrogen) atoms. The van der Waals surface area contributed by atoms with Gasteiger partial charge in [0.2, 0.25) is 0 Å². The van der Waals surface area contributed by atoms with E-state index in [0.29, 0.717) is 15.9 Å². The topological polar surface area (TPSA) is 73.2 Å². The van der Waals surface area contributed by atoms with Gasteiger partial charge in [0.05, 0.1) is 18.4 Å². The fourth-order valence-electron chi connectivity index (χ4n) is 1.76. The van der Waals surface area contributed by atoms with Gasteiger partial charge in [-0.25, -0.2) is 4.79 Å². The van der Waals surface area contributed by atoms with Crippen molar-refractivity contribution in [1.29, 1.82) is 0 Å². The van der Waals surface area contributed by atoms with E-state index >= 15 is 0 Å². The molecular formula is C14H14BrN3O3. The number of carbonyl (C=O) groups is 2. The fourth-order valence-corrected chi connectivity index (χ4v) is 2.23. The number of aryl methyl sites for hydroxylation is 1. The van der Waals surface area contributed by atoms with Crippen LogP contribution in [0.2, 0.25) is 0 Å². The van der Waals surface area contributed by atoms with E-state index < -0.39 is 5.97 Å². The Bertz CT molecular complexity index is 682. The predicted octanol–water partition coefficient (Wildman–Crippen LogP) is 2.61. The van der Waals surface area contributed by atoms with Gasteiger partial charge in [0, 0.05) is 11.5 Å². The number of amides is 1. The highest BCUT2D eigenvalue weighted by molar-refractivity contribution is 9.10. The normalized spacial score (nSPS) is 10.2. The summed E-state index contributed by atoms with van der Waals surface area (Å²) in [5, 5.41) is 6.66. The van der Waals surface area contributed by atoms with Gasteiger partial charge in [-0.2, -0.15) is 5.10 Å². The van der Waals surface area contributed by atoms with Crippen LogP contribution < -0.4 is 5.32 Å². The molecule has 1 aromatic heterocycles. The van der Waals surface area contributed by atoms with Crippen LogP contribution in [-0.4, -0.2) is 28.3 Å². The number of halogens is 1. The molecule has 1 heterocycles. The van der Waals surface area contributed by atoms with Crippen LogP contribution in [0.4, 0.5) is 5.82 Å². The van der Waals surface area contributed by atoms with Crippen LogP contribution >= 0.6 is 15.9 Å². The molecule has 1 aromatic carbocycles. The van der Waals surface area contributed by atoms with E-state index in [1.807, 2.05) is 6.07 Å². The number of anilines is 1. The molecule has 0 unspecified atom stereocenters. The molecule has 110 valence electrons. The Balaban J connectivity index is 2.28. The summed E-state index contributed by atoms with van der Waals surface area (Å²) in [6.45, 7) is 1.97. The number of nitrogens with one attached hydrogen (secondary N) is 1. The van der Waals surface area contributed by atoms with Crippen molar-refractivity contribution in [1.82, 2.24) is 9.78 Å². The molecule has 0 saturated heterocycles. The SMILES string of the molecule is CCOC(=O)c1cnn(C)c1NC(=O)c1ccccc1Br. The van der Waals surface area contributed by atoms with E-state index in [1.165, 1.54) is 10.9 Å². The molecule has 1 amide bonds. The number of nitrogens with zero attached hydrogens (tertiary/aromatic N) is 2. The molecule has 2 aromatic rings. The Hall–Kier alpha value is -2.15. The molecule has 6 nitrogen and oxygen atoms in total. The summed E-state index contributed by atoms with van der Waals surface area (Å²) in [5.41, 5.74) is 0.688. The highest BCUT2D eigenvalue weighted by Gasteiger charge is 2.20. The van der Waals surface area contributed by atoms with Gasteiger partial charge in [0.25, 0.3) is 5.91 Å². The highest BCUT2D eigenvalue weighted by atomic mass is 79.9. The van der Waals surface area contributed by atoms with Crippen LogP contribution in [0.1, 0.15) is 27.6 Å². The van der Waals surface area contributed by atoms with Crippen LogP contribution in [0.15, 0.2) is 34.9 Å². The molecular weight excluding hydrogens is 338 g/mol. The summed E-state index contributed by atoms with van der Waals surface area (Å²) in [4.78, 5) is 24.1. The molecule has 7 heteroatoms. The number of hydrogen-bond donors (Lipinski definition) is 1.